The van der Waals surface area contributed by atoms with Crippen molar-refractivity contribution in [3.8, 4) is 0 Å². The standard InChI is InChI=1S/C15H32N2/c1-3-5-8-14(4-2)13-17-12-7-10-15(17)9-6-11-16/h14-15H,3-13,16H2,1-2H3. The van der Waals surface area contributed by atoms with Crippen LogP contribution in [0.2, 0.25) is 0 Å². The monoisotopic (exact) mass is 240 g/mol. The predicted octanol–water partition coefficient (Wildman–Crippen LogP) is 3.41. The first-order chi connectivity index (χ1) is 8.31. The molecule has 0 bridgehead atoms. The van der Waals surface area contributed by atoms with Crippen LogP contribution in [0.4, 0.5) is 0 Å². The molecule has 0 amide bonds. The molecule has 1 aliphatic heterocycles. The van der Waals surface area contributed by atoms with E-state index < -0.39 is 0 Å². The van der Waals surface area contributed by atoms with E-state index in [-0.39, 0.29) is 0 Å². The van der Waals surface area contributed by atoms with Crippen molar-refractivity contribution < 1.29 is 0 Å². The Balaban J connectivity index is 2.31. The summed E-state index contributed by atoms with van der Waals surface area (Å²) in [5.41, 5.74) is 5.63. The lowest BCUT2D eigenvalue weighted by molar-refractivity contribution is 0.194. The number of hydrogen-bond donors (Lipinski definition) is 1. The van der Waals surface area contributed by atoms with Crippen LogP contribution in [0.5, 0.6) is 0 Å². The van der Waals surface area contributed by atoms with Gasteiger partial charge in [-0.1, -0.05) is 33.1 Å². The van der Waals surface area contributed by atoms with Crippen LogP contribution in [0, 0.1) is 5.92 Å². The Morgan fingerprint density at radius 1 is 1.29 bits per heavy atom. The zero-order chi connectivity index (χ0) is 12.5. The maximum atomic E-state index is 5.63. The second kappa shape index (κ2) is 8.93. The van der Waals surface area contributed by atoms with Crippen molar-refractivity contribution in [2.45, 2.75) is 71.3 Å². The van der Waals surface area contributed by atoms with Crippen LogP contribution >= 0.6 is 0 Å². The summed E-state index contributed by atoms with van der Waals surface area (Å²) < 4.78 is 0. The molecule has 2 N–H and O–H groups in total. The van der Waals surface area contributed by atoms with Gasteiger partial charge in [0.25, 0.3) is 0 Å². The van der Waals surface area contributed by atoms with Crippen molar-refractivity contribution >= 4 is 0 Å². The Kier molecular flexibility index (Phi) is 7.87. The fraction of sp³-hybridized carbons (Fsp3) is 1.00. The molecule has 0 aromatic rings. The van der Waals surface area contributed by atoms with E-state index in [9.17, 15) is 0 Å². The van der Waals surface area contributed by atoms with E-state index in [0.29, 0.717) is 0 Å². The molecule has 1 rings (SSSR count). The number of likely N-dealkylation sites (tertiary alicyclic amines) is 1. The fourth-order valence-electron chi connectivity index (χ4n) is 3.06. The van der Waals surface area contributed by atoms with Gasteiger partial charge in [0.1, 0.15) is 0 Å². The predicted molar refractivity (Wildman–Crippen MR) is 76.2 cm³/mol. The average Bonchev–Trinajstić information content (AvgIpc) is 2.79. The molecule has 2 heteroatoms. The largest absolute Gasteiger partial charge is 0.330 e. The SMILES string of the molecule is CCCCC(CC)CN1CCCC1CCCN. The van der Waals surface area contributed by atoms with Crippen molar-refractivity contribution in [3.05, 3.63) is 0 Å². The quantitative estimate of drug-likeness (QED) is 0.669. The molecule has 0 aromatic carbocycles. The minimum absolute atomic E-state index is 0.842. The highest BCUT2D eigenvalue weighted by Gasteiger charge is 2.25. The molecule has 0 saturated carbocycles. The topological polar surface area (TPSA) is 29.3 Å². The van der Waals surface area contributed by atoms with Crippen LogP contribution in [0.15, 0.2) is 0 Å². The van der Waals surface area contributed by atoms with E-state index >= 15 is 0 Å². The summed E-state index contributed by atoms with van der Waals surface area (Å²) in [7, 11) is 0. The third-order valence-corrected chi connectivity index (χ3v) is 4.28. The van der Waals surface area contributed by atoms with Gasteiger partial charge in [0.05, 0.1) is 0 Å². The Labute approximate surface area is 108 Å². The van der Waals surface area contributed by atoms with Crippen molar-refractivity contribution in [2.75, 3.05) is 19.6 Å². The summed E-state index contributed by atoms with van der Waals surface area (Å²) in [5.74, 6) is 0.924. The van der Waals surface area contributed by atoms with E-state index in [1.54, 1.807) is 0 Å². The minimum Gasteiger partial charge on any atom is -0.330 e. The summed E-state index contributed by atoms with van der Waals surface area (Å²) in [6.07, 6.45) is 10.8. The summed E-state index contributed by atoms with van der Waals surface area (Å²) in [4.78, 5) is 2.75. The molecule has 2 atom stereocenters. The van der Waals surface area contributed by atoms with Gasteiger partial charge in [-0.2, -0.15) is 0 Å². The molecular formula is C15H32N2. The molecule has 1 fully saturated rings. The number of unbranched alkanes of at least 4 members (excludes halogenated alkanes) is 1. The second-order valence-corrected chi connectivity index (χ2v) is 5.64. The van der Waals surface area contributed by atoms with Gasteiger partial charge in [0.15, 0.2) is 0 Å². The number of rotatable bonds is 9. The Morgan fingerprint density at radius 3 is 2.76 bits per heavy atom. The van der Waals surface area contributed by atoms with E-state index in [0.717, 1.165) is 18.5 Å². The van der Waals surface area contributed by atoms with Crippen LogP contribution in [-0.4, -0.2) is 30.6 Å². The molecule has 2 unspecified atom stereocenters. The van der Waals surface area contributed by atoms with Crippen LogP contribution in [0.1, 0.15) is 65.2 Å². The van der Waals surface area contributed by atoms with E-state index in [1.165, 1.54) is 64.5 Å². The molecule has 102 valence electrons. The van der Waals surface area contributed by atoms with Crippen LogP contribution in [0.3, 0.4) is 0 Å². The molecule has 1 saturated heterocycles. The van der Waals surface area contributed by atoms with Gasteiger partial charge >= 0.3 is 0 Å². The highest BCUT2D eigenvalue weighted by atomic mass is 15.2. The van der Waals surface area contributed by atoms with Gasteiger partial charge in [-0.25, -0.2) is 0 Å². The average molecular weight is 240 g/mol. The van der Waals surface area contributed by atoms with E-state index in [1.807, 2.05) is 0 Å². The Hall–Kier alpha value is -0.0800. The summed E-state index contributed by atoms with van der Waals surface area (Å²) in [5, 5.41) is 0. The van der Waals surface area contributed by atoms with Crippen molar-refractivity contribution in [3.63, 3.8) is 0 Å². The van der Waals surface area contributed by atoms with Gasteiger partial charge in [0, 0.05) is 12.6 Å². The number of hydrogen-bond acceptors (Lipinski definition) is 2. The lowest BCUT2D eigenvalue weighted by atomic mass is 9.98. The second-order valence-electron chi connectivity index (χ2n) is 5.64. The Bertz CT molecular complexity index is 182. The number of nitrogens with two attached hydrogens (primary N) is 1. The molecular weight excluding hydrogens is 208 g/mol. The van der Waals surface area contributed by atoms with E-state index in [2.05, 4.69) is 18.7 Å². The van der Waals surface area contributed by atoms with Gasteiger partial charge in [-0.3, -0.25) is 0 Å². The normalized spacial score (nSPS) is 23.1. The summed E-state index contributed by atoms with van der Waals surface area (Å²) in [6, 6.07) is 0.842. The number of nitrogens with zero attached hydrogens (tertiary/aromatic N) is 1. The van der Waals surface area contributed by atoms with Crippen LogP contribution < -0.4 is 5.73 Å². The van der Waals surface area contributed by atoms with Gasteiger partial charge in [0.2, 0.25) is 0 Å². The summed E-state index contributed by atoms with van der Waals surface area (Å²) in [6.45, 7) is 8.18. The first-order valence-electron chi connectivity index (χ1n) is 7.75. The van der Waals surface area contributed by atoms with Crippen molar-refractivity contribution in [1.82, 2.24) is 4.90 Å². The molecule has 0 aliphatic carbocycles. The third kappa shape index (κ3) is 5.39. The smallest absolute Gasteiger partial charge is 0.00963 e. The molecule has 0 spiro atoms. The first-order valence-corrected chi connectivity index (χ1v) is 7.75. The molecule has 1 heterocycles. The zero-order valence-corrected chi connectivity index (χ0v) is 12.0. The summed E-state index contributed by atoms with van der Waals surface area (Å²) >= 11 is 0. The van der Waals surface area contributed by atoms with Crippen LogP contribution in [0.25, 0.3) is 0 Å². The third-order valence-electron chi connectivity index (χ3n) is 4.28. The fourth-order valence-corrected chi connectivity index (χ4v) is 3.06. The lowest BCUT2D eigenvalue weighted by Crippen LogP contribution is -2.34. The van der Waals surface area contributed by atoms with Gasteiger partial charge in [-0.05, 0) is 51.1 Å². The van der Waals surface area contributed by atoms with E-state index in [4.69, 9.17) is 5.73 Å². The zero-order valence-electron chi connectivity index (χ0n) is 12.0. The molecule has 2 nitrogen and oxygen atoms in total. The van der Waals surface area contributed by atoms with Crippen LogP contribution in [-0.2, 0) is 0 Å². The van der Waals surface area contributed by atoms with Gasteiger partial charge < -0.3 is 10.6 Å². The van der Waals surface area contributed by atoms with Crippen molar-refractivity contribution in [2.24, 2.45) is 11.7 Å². The lowest BCUT2D eigenvalue weighted by Gasteiger charge is -2.28. The minimum atomic E-state index is 0.842. The maximum Gasteiger partial charge on any atom is 0.00963 e. The Morgan fingerprint density at radius 2 is 2.12 bits per heavy atom. The maximum absolute atomic E-state index is 5.63. The van der Waals surface area contributed by atoms with Gasteiger partial charge in [-0.15, -0.1) is 0 Å². The highest BCUT2D eigenvalue weighted by molar-refractivity contribution is 4.80. The molecule has 1 aliphatic rings. The first kappa shape index (κ1) is 15.0. The highest BCUT2D eigenvalue weighted by Crippen LogP contribution is 2.24. The molecule has 0 aromatic heterocycles. The molecule has 0 radical (unpaired) electrons. The van der Waals surface area contributed by atoms with Crippen molar-refractivity contribution in [1.29, 1.82) is 0 Å². The molecule has 17 heavy (non-hydrogen) atoms.